The van der Waals surface area contributed by atoms with Crippen molar-refractivity contribution in [3.05, 3.63) is 72.3 Å². The summed E-state index contributed by atoms with van der Waals surface area (Å²) in [6.45, 7) is 12.6. The van der Waals surface area contributed by atoms with E-state index in [0.29, 0.717) is 22.6 Å². The Hall–Kier alpha value is -2.85. The second-order valence-electron chi connectivity index (χ2n) is 6.18. The maximum Gasteiger partial charge on any atom is 0.338 e. The van der Waals surface area contributed by atoms with Crippen LogP contribution in [0.25, 0.3) is 11.1 Å². The minimum absolute atomic E-state index is 0.361. The average Bonchev–Trinajstić information content (AvgIpc) is 2.62. The van der Waals surface area contributed by atoms with Gasteiger partial charge in [-0.15, -0.1) is 0 Å². The van der Waals surface area contributed by atoms with Crippen molar-refractivity contribution in [1.82, 2.24) is 0 Å². The first kappa shape index (κ1) is 19.5. The van der Waals surface area contributed by atoms with E-state index in [-0.39, 0.29) is 0 Å². The van der Waals surface area contributed by atoms with Gasteiger partial charge in [0.1, 0.15) is 11.5 Å². The lowest BCUT2D eigenvalue weighted by atomic mass is 9.98. The monoisotopic (exact) mass is 352 g/mol. The number of rotatable bonds is 7. The third kappa shape index (κ3) is 4.83. The molecular weight excluding hydrogens is 328 g/mol. The average molecular weight is 352 g/mol. The van der Waals surface area contributed by atoms with Gasteiger partial charge in [-0.2, -0.15) is 0 Å². The highest BCUT2D eigenvalue weighted by Crippen LogP contribution is 2.30. The Bertz CT molecular complexity index is 819. The van der Waals surface area contributed by atoms with Crippen molar-refractivity contribution >= 4 is 5.97 Å². The van der Waals surface area contributed by atoms with Gasteiger partial charge in [-0.25, -0.2) is 4.79 Å². The van der Waals surface area contributed by atoms with Gasteiger partial charge in [-0.1, -0.05) is 38.3 Å². The lowest BCUT2D eigenvalue weighted by Crippen LogP contribution is -2.15. The number of carbonyl (C=O) groups is 1. The molecule has 0 aliphatic rings. The molecule has 0 fully saturated rings. The number of hydrogen-bond acceptors (Lipinski definition) is 4. The summed E-state index contributed by atoms with van der Waals surface area (Å²) in [6.07, 6.45) is -0.227. The van der Waals surface area contributed by atoms with E-state index >= 15 is 0 Å². The second kappa shape index (κ2) is 8.50. The molecule has 1 unspecified atom stereocenters. The standard InChI is InChI=1S/C22H24O4/c1-6-16-13-19(26-22(24)15(4)5)11-12-20(16)17-7-9-18(10-8-17)25-21(23)14(2)3/h7-13,21,23H,2,4,6H2,1,3,5H3. The van der Waals surface area contributed by atoms with Crippen LogP contribution in [0.5, 0.6) is 11.5 Å². The summed E-state index contributed by atoms with van der Waals surface area (Å²) in [4.78, 5) is 11.7. The number of carbonyl (C=O) groups excluding carboxylic acids is 1. The highest BCUT2D eigenvalue weighted by molar-refractivity contribution is 5.89. The first-order chi connectivity index (χ1) is 12.3. The third-order valence-electron chi connectivity index (χ3n) is 3.85. The molecule has 136 valence electrons. The lowest BCUT2D eigenvalue weighted by Gasteiger charge is -2.14. The molecule has 2 aromatic rings. The molecule has 0 heterocycles. The van der Waals surface area contributed by atoms with E-state index in [1.165, 1.54) is 0 Å². The number of aliphatic hydroxyl groups is 1. The Balaban J connectivity index is 2.23. The number of benzene rings is 2. The Morgan fingerprint density at radius 1 is 1.08 bits per heavy atom. The van der Waals surface area contributed by atoms with Gasteiger partial charge in [0.15, 0.2) is 0 Å². The van der Waals surface area contributed by atoms with E-state index in [0.717, 1.165) is 23.1 Å². The van der Waals surface area contributed by atoms with Crippen LogP contribution in [-0.2, 0) is 11.2 Å². The third-order valence-corrected chi connectivity index (χ3v) is 3.85. The number of esters is 1. The molecule has 4 nitrogen and oxygen atoms in total. The van der Waals surface area contributed by atoms with E-state index in [9.17, 15) is 9.90 Å². The SMILES string of the molecule is C=C(C)C(=O)Oc1ccc(-c2ccc(OC(O)C(=C)C)cc2)c(CC)c1. The zero-order valence-electron chi connectivity index (χ0n) is 15.4. The molecule has 1 atom stereocenters. The molecule has 0 saturated carbocycles. The van der Waals surface area contributed by atoms with Crippen molar-refractivity contribution in [3.8, 4) is 22.6 Å². The van der Waals surface area contributed by atoms with Crippen LogP contribution in [0.2, 0.25) is 0 Å². The normalized spacial score (nSPS) is 11.5. The minimum atomic E-state index is -1.02. The predicted octanol–water partition coefficient (Wildman–Crippen LogP) is 4.67. The molecule has 2 rings (SSSR count). The van der Waals surface area contributed by atoms with E-state index in [2.05, 4.69) is 13.2 Å². The van der Waals surface area contributed by atoms with Crippen molar-refractivity contribution < 1.29 is 19.4 Å². The van der Waals surface area contributed by atoms with Crippen molar-refractivity contribution in [2.24, 2.45) is 0 Å². The van der Waals surface area contributed by atoms with Gasteiger partial charge < -0.3 is 14.6 Å². The molecule has 0 bridgehead atoms. The predicted molar refractivity (Wildman–Crippen MR) is 103 cm³/mol. The van der Waals surface area contributed by atoms with E-state index in [1.807, 2.05) is 31.2 Å². The van der Waals surface area contributed by atoms with Crippen LogP contribution in [0.3, 0.4) is 0 Å². The van der Waals surface area contributed by atoms with Gasteiger partial charge in [0.05, 0.1) is 0 Å². The first-order valence-electron chi connectivity index (χ1n) is 8.43. The molecule has 0 amide bonds. The van der Waals surface area contributed by atoms with Gasteiger partial charge in [-0.3, -0.25) is 0 Å². The molecule has 0 aliphatic heterocycles. The van der Waals surface area contributed by atoms with Gasteiger partial charge in [0.25, 0.3) is 0 Å². The van der Waals surface area contributed by atoms with Crippen LogP contribution in [0, 0.1) is 0 Å². The highest BCUT2D eigenvalue weighted by Gasteiger charge is 2.11. The summed E-state index contributed by atoms with van der Waals surface area (Å²) in [6, 6.07) is 13.0. The van der Waals surface area contributed by atoms with E-state index in [1.54, 1.807) is 32.0 Å². The Labute approximate surface area is 154 Å². The van der Waals surface area contributed by atoms with Gasteiger partial charge in [0.2, 0.25) is 6.29 Å². The summed E-state index contributed by atoms with van der Waals surface area (Å²) >= 11 is 0. The van der Waals surface area contributed by atoms with E-state index < -0.39 is 12.3 Å². The van der Waals surface area contributed by atoms with Crippen LogP contribution in [0.15, 0.2) is 66.8 Å². The topological polar surface area (TPSA) is 55.8 Å². The number of aliphatic hydroxyl groups excluding tert-OH is 1. The van der Waals surface area contributed by atoms with Crippen LogP contribution >= 0.6 is 0 Å². The van der Waals surface area contributed by atoms with E-state index in [4.69, 9.17) is 9.47 Å². The zero-order chi connectivity index (χ0) is 19.3. The molecule has 4 heteroatoms. The van der Waals surface area contributed by atoms with Gasteiger partial charge >= 0.3 is 5.97 Å². The fourth-order valence-electron chi connectivity index (χ4n) is 2.34. The Kier molecular flexibility index (Phi) is 6.36. The number of hydrogen-bond donors (Lipinski definition) is 1. The molecule has 1 N–H and O–H groups in total. The lowest BCUT2D eigenvalue weighted by molar-refractivity contribution is -0.130. The summed E-state index contributed by atoms with van der Waals surface area (Å²) in [5.74, 6) is 0.634. The first-order valence-corrected chi connectivity index (χ1v) is 8.43. The van der Waals surface area contributed by atoms with Crippen molar-refractivity contribution in [3.63, 3.8) is 0 Å². The maximum absolute atomic E-state index is 11.7. The Morgan fingerprint density at radius 2 is 1.69 bits per heavy atom. The fraction of sp³-hybridized carbons (Fsp3) is 0.227. The fourth-order valence-corrected chi connectivity index (χ4v) is 2.34. The van der Waals surface area contributed by atoms with Crippen LogP contribution < -0.4 is 9.47 Å². The summed E-state index contributed by atoms with van der Waals surface area (Å²) in [7, 11) is 0. The van der Waals surface area contributed by atoms with Gasteiger partial charge in [0, 0.05) is 5.57 Å². The molecule has 0 saturated heterocycles. The smallest absolute Gasteiger partial charge is 0.338 e. The van der Waals surface area contributed by atoms with Crippen LogP contribution in [-0.4, -0.2) is 17.4 Å². The molecule has 0 aromatic heterocycles. The molecule has 0 spiro atoms. The molecular formula is C22H24O4. The summed E-state index contributed by atoms with van der Waals surface area (Å²) in [5, 5.41) is 9.72. The number of aryl methyl sites for hydroxylation is 1. The highest BCUT2D eigenvalue weighted by atomic mass is 16.6. The van der Waals surface area contributed by atoms with Gasteiger partial charge in [-0.05, 0) is 66.8 Å². The molecule has 26 heavy (non-hydrogen) atoms. The number of ether oxygens (including phenoxy) is 2. The van der Waals surface area contributed by atoms with Crippen LogP contribution in [0.4, 0.5) is 0 Å². The Morgan fingerprint density at radius 3 is 2.23 bits per heavy atom. The maximum atomic E-state index is 11.7. The molecule has 2 aromatic carbocycles. The minimum Gasteiger partial charge on any atom is -0.461 e. The summed E-state index contributed by atoms with van der Waals surface area (Å²) < 4.78 is 10.7. The second-order valence-corrected chi connectivity index (χ2v) is 6.18. The molecule has 0 aliphatic carbocycles. The molecule has 0 radical (unpaired) electrons. The summed E-state index contributed by atoms with van der Waals surface area (Å²) in [5.41, 5.74) is 4.03. The quantitative estimate of drug-likeness (QED) is 0.259. The van der Waals surface area contributed by atoms with Crippen molar-refractivity contribution in [2.45, 2.75) is 33.5 Å². The zero-order valence-corrected chi connectivity index (χ0v) is 15.4. The van der Waals surface area contributed by atoms with Crippen LogP contribution in [0.1, 0.15) is 26.3 Å². The van der Waals surface area contributed by atoms with Crippen molar-refractivity contribution in [2.75, 3.05) is 0 Å². The largest absolute Gasteiger partial charge is 0.461 e. The van der Waals surface area contributed by atoms with Crippen molar-refractivity contribution in [1.29, 1.82) is 0 Å².